The van der Waals surface area contributed by atoms with Gasteiger partial charge in [-0.25, -0.2) is 13.4 Å². The molecule has 4 rings (SSSR count). The minimum atomic E-state index is -3.86. The summed E-state index contributed by atoms with van der Waals surface area (Å²) < 4.78 is 32.8. The number of benzene rings is 3. The third kappa shape index (κ3) is 3.32. The van der Waals surface area contributed by atoms with Crippen LogP contribution < -0.4 is 4.74 Å². The molecular weight excluding hydrogens is 400 g/mol. The highest BCUT2D eigenvalue weighted by atomic mass is 32.2. The molecule has 0 aromatic heterocycles. The van der Waals surface area contributed by atoms with Crippen LogP contribution in [-0.4, -0.2) is 44.4 Å². The maximum absolute atomic E-state index is 13.4. The standard InChI is InChI=1S/C23H20N2O4S/c1-25-22(23(26)16-10-4-3-5-11-16)21(24-18-13-7-8-14-19(18)29-2)17-12-6-9-15-20(17)30(25,27)28/h3-15,22H,1-2H3. The molecule has 152 valence electrons. The van der Waals surface area contributed by atoms with Crippen molar-refractivity contribution in [2.24, 2.45) is 4.99 Å². The summed E-state index contributed by atoms with van der Waals surface area (Å²) >= 11 is 0. The number of fused-ring (bicyclic) bond motifs is 1. The lowest BCUT2D eigenvalue weighted by molar-refractivity contribution is 0.0945. The van der Waals surface area contributed by atoms with Gasteiger partial charge in [0.15, 0.2) is 5.78 Å². The van der Waals surface area contributed by atoms with Crippen molar-refractivity contribution in [2.75, 3.05) is 14.2 Å². The van der Waals surface area contributed by atoms with Crippen LogP contribution in [0.2, 0.25) is 0 Å². The Bertz CT molecular complexity index is 1240. The number of likely N-dealkylation sites (N-methyl/N-ethyl adjacent to an activating group) is 1. The highest BCUT2D eigenvalue weighted by Gasteiger charge is 2.44. The molecule has 1 aliphatic rings. The van der Waals surface area contributed by atoms with Gasteiger partial charge in [-0.05, 0) is 18.2 Å². The second kappa shape index (κ2) is 7.85. The van der Waals surface area contributed by atoms with E-state index in [1.54, 1.807) is 60.7 Å². The van der Waals surface area contributed by atoms with E-state index in [1.807, 2.05) is 12.1 Å². The maximum atomic E-state index is 13.4. The van der Waals surface area contributed by atoms with E-state index in [0.717, 1.165) is 4.31 Å². The summed E-state index contributed by atoms with van der Waals surface area (Å²) in [5.41, 5.74) is 1.71. The van der Waals surface area contributed by atoms with Crippen LogP contribution in [0, 0.1) is 0 Å². The number of hydrogen-bond donors (Lipinski definition) is 0. The molecule has 30 heavy (non-hydrogen) atoms. The smallest absolute Gasteiger partial charge is 0.244 e. The van der Waals surface area contributed by atoms with E-state index in [1.165, 1.54) is 20.2 Å². The fourth-order valence-corrected chi connectivity index (χ4v) is 5.02. The van der Waals surface area contributed by atoms with Crippen molar-refractivity contribution in [3.05, 3.63) is 90.0 Å². The minimum Gasteiger partial charge on any atom is -0.494 e. The SMILES string of the molecule is COc1ccccc1N=C1c2ccccc2S(=O)(=O)N(C)C1C(=O)c1ccccc1. The Morgan fingerprint density at radius 2 is 1.57 bits per heavy atom. The Balaban J connectivity index is 1.99. The van der Waals surface area contributed by atoms with Gasteiger partial charge >= 0.3 is 0 Å². The molecule has 1 unspecified atom stereocenters. The fraction of sp³-hybridized carbons (Fsp3) is 0.130. The first kappa shape index (κ1) is 20.0. The molecule has 6 nitrogen and oxygen atoms in total. The molecule has 3 aromatic carbocycles. The van der Waals surface area contributed by atoms with Crippen molar-refractivity contribution < 1.29 is 17.9 Å². The lowest BCUT2D eigenvalue weighted by atomic mass is 9.95. The second-order valence-corrected chi connectivity index (χ2v) is 8.79. The van der Waals surface area contributed by atoms with Gasteiger partial charge in [-0.1, -0.05) is 60.7 Å². The summed E-state index contributed by atoms with van der Waals surface area (Å²) in [6.07, 6.45) is 0. The molecule has 0 aliphatic carbocycles. The molecule has 0 fully saturated rings. The number of rotatable bonds is 4. The Kier molecular flexibility index (Phi) is 5.24. The first-order valence-electron chi connectivity index (χ1n) is 9.33. The van der Waals surface area contributed by atoms with Crippen LogP contribution in [0.5, 0.6) is 5.75 Å². The Hall–Kier alpha value is -3.29. The zero-order chi connectivity index (χ0) is 21.3. The Morgan fingerprint density at radius 3 is 2.30 bits per heavy atom. The number of sulfonamides is 1. The van der Waals surface area contributed by atoms with E-state index in [9.17, 15) is 13.2 Å². The number of hydrogen-bond acceptors (Lipinski definition) is 5. The van der Waals surface area contributed by atoms with Crippen molar-refractivity contribution in [3.8, 4) is 5.75 Å². The normalized spacial score (nSPS) is 19.3. The lowest BCUT2D eigenvalue weighted by Gasteiger charge is -2.33. The van der Waals surface area contributed by atoms with Crippen LogP contribution in [-0.2, 0) is 10.0 Å². The van der Waals surface area contributed by atoms with Gasteiger partial charge in [-0.3, -0.25) is 4.79 Å². The van der Waals surface area contributed by atoms with Crippen LogP contribution >= 0.6 is 0 Å². The third-order valence-electron chi connectivity index (χ3n) is 5.08. The molecule has 0 radical (unpaired) electrons. The molecule has 3 aromatic rings. The van der Waals surface area contributed by atoms with E-state index in [0.29, 0.717) is 28.3 Å². The van der Waals surface area contributed by atoms with Crippen LogP contribution in [0.4, 0.5) is 5.69 Å². The van der Waals surface area contributed by atoms with Gasteiger partial charge in [0.2, 0.25) is 10.0 Å². The molecule has 0 N–H and O–H groups in total. The molecule has 0 saturated carbocycles. The maximum Gasteiger partial charge on any atom is 0.244 e. The summed E-state index contributed by atoms with van der Waals surface area (Å²) in [7, 11) is -0.913. The second-order valence-electron chi connectivity index (χ2n) is 6.82. The topological polar surface area (TPSA) is 76.0 Å². The number of nitrogens with zero attached hydrogens (tertiary/aromatic N) is 2. The number of ether oxygens (including phenoxy) is 1. The number of methoxy groups -OCH3 is 1. The molecule has 0 saturated heterocycles. The highest BCUT2D eigenvalue weighted by molar-refractivity contribution is 7.89. The van der Waals surface area contributed by atoms with Gasteiger partial charge in [0.1, 0.15) is 17.5 Å². The Labute approximate surface area is 175 Å². The zero-order valence-corrected chi connectivity index (χ0v) is 17.3. The molecule has 1 atom stereocenters. The van der Waals surface area contributed by atoms with Gasteiger partial charge in [-0.15, -0.1) is 0 Å². The van der Waals surface area contributed by atoms with Crippen LogP contribution in [0.25, 0.3) is 0 Å². The first-order valence-corrected chi connectivity index (χ1v) is 10.8. The average molecular weight is 420 g/mol. The van der Waals surface area contributed by atoms with Crippen molar-refractivity contribution in [1.82, 2.24) is 4.31 Å². The van der Waals surface area contributed by atoms with E-state index < -0.39 is 16.1 Å². The first-order chi connectivity index (χ1) is 14.4. The predicted molar refractivity (Wildman–Crippen MR) is 115 cm³/mol. The number of carbonyl (C=O) groups is 1. The van der Waals surface area contributed by atoms with Gasteiger partial charge in [0.05, 0.1) is 17.7 Å². The monoisotopic (exact) mass is 420 g/mol. The van der Waals surface area contributed by atoms with Crippen molar-refractivity contribution in [3.63, 3.8) is 0 Å². The molecule has 0 bridgehead atoms. The largest absolute Gasteiger partial charge is 0.494 e. The van der Waals surface area contributed by atoms with Crippen molar-refractivity contribution in [2.45, 2.75) is 10.9 Å². The quantitative estimate of drug-likeness (QED) is 0.603. The lowest BCUT2D eigenvalue weighted by Crippen LogP contribution is -2.51. The number of ketones is 1. The number of carbonyl (C=O) groups excluding carboxylic acids is 1. The molecule has 0 spiro atoms. The van der Waals surface area contributed by atoms with Crippen molar-refractivity contribution >= 4 is 27.2 Å². The van der Waals surface area contributed by atoms with Gasteiger partial charge in [0.25, 0.3) is 0 Å². The molecule has 1 heterocycles. The van der Waals surface area contributed by atoms with Gasteiger partial charge < -0.3 is 4.74 Å². The molecular formula is C23H20N2O4S. The van der Waals surface area contributed by atoms with E-state index in [2.05, 4.69) is 0 Å². The van der Waals surface area contributed by atoms with E-state index >= 15 is 0 Å². The van der Waals surface area contributed by atoms with Gasteiger partial charge in [0, 0.05) is 18.2 Å². The number of aliphatic imine (C=N–C) groups is 1. The van der Waals surface area contributed by atoms with Crippen LogP contribution in [0.1, 0.15) is 15.9 Å². The zero-order valence-electron chi connectivity index (χ0n) is 16.5. The Morgan fingerprint density at radius 1 is 0.933 bits per heavy atom. The summed E-state index contributed by atoms with van der Waals surface area (Å²) in [5.74, 6) is 0.189. The van der Waals surface area contributed by atoms with Gasteiger partial charge in [-0.2, -0.15) is 4.31 Å². The average Bonchev–Trinajstić information content (AvgIpc) is 2.78. The molecule has 0 amide bonds. The molecule has 1 aliphatic heterocycles. The molecule has 7 heteroatoms. The summed E-state index contributed by atoms with van der Waals surface area (Å²) in [5, 5.41) is 0. The predicted octanol–water partition coefficient (Wildman–Crippen LogP) is 3.70. The van der Waals surface area contributed by atoms with Crippen LogP contribution in [0.3, 0.4) is 0 Å². The number of para-hydroxylation sites is 2. The van der Waals surface area contributed by atoms with E-state index in [-0.39, 0.29) is 10.7 Å². The third-order valence-corrected chi connectivity index (χ3v) is 6.96. The fourth-order valence-electron chi connectivity index (χ4n) is 3.54. The minimum absolute atomic E-state index is 0.123. The number of Topliss-reactive ketones (excluding diaryl/α,β-unsaturated/α-hetero) is 1. The summed E-state index contributed by atoms with van der Waals surface area (Å²) in [6.45, 7) is 0. The summed E-state index contributed by atoms with van der Waals surface area (Å²) in [4.78, 5) is 18.3. The van der Waals surface area contributed by atoms with E-state index in [4.69, 9.17) is 9.73 Å². The van der Waals surface area contributed by atoms with Crippen LogP contribution in [0.15, 0.2) is 88.8 Å². The highest BCUT2D eigenvalue weighted by Crippen LogP contribution is 2.34. The van der Waals surface area contributed by atoms with Crippen molar-refractivity contribution in [1.29, 1.82) is 0 Å². The summed E-state index contributed by atoms with van der Waals surface area (Å²) in [6, 6.07) is 21.3.